The molecule has 0 amide bonds. The fourth-order valence-corrected chi connectivity index (χ4v) is 5.56. The van der Waals surface area contributed by atoms with Crippen molar-refractivity contribution < 1.29 is 45.7 Å². The molecule has 1 heterocycles. The van der Waals surface area contributed by atoms with Crippen LogP contribution < -0.4 is 9.47 Å². The fraction of sp³-hybridized carbons (Fsp3) is 0.367. The summed E-state index contributed by atoms with van der Waals surface area (Å²) >= 11 is 12.6. The van der Waals surface area contributed by atoms with Crippen LogP contribution in [-0.4, -0.2) is 51.4 Å². The highest BCUT2D eigenvalue weighted by Gasteiger charge is 2.26. The van der Waals surface area contributed by atoms with Crippen LogP contribution in [0.25, 0.3) is 0 Å². The lowest BCUT2D eigenvalue weighted by molar-refractivity contribution is -0.162. The van der Waals surface area contributed by atoms with Crippen molar-refractivity contribution >= 4 is 45.0 Å². The molecule has 1 aliphatic carbocycles. The van der Waals surface area contributed by atoms with Gasteiger partial charge in [-0.05, 0) is 53.1 Å². The molecule has 44 heavy (non-hydrogen) atoms. The van der Waals surface area contributed by atoms with Crippen LogP contribution in [0.4, 0.5) is 8.78 Å². The third-order valence-electron chi connectivity index (χ3n) is 6.46. The highest BCUT2D eigenvalue weighted by Crippen LogP contribution is 2.37. The van der Waals surface area contributed by atoms with Crippen molar-refractivity contribution in [1.29, 1.82) is 0 Å². The molecule has 0 saturated heterocycles. The maximum atomic E-state index is 13.0. The topological polar surface area (TPSA) is 118 Å². The van der Waals surface area contributed by atoms with Gasteiger partial charge in [-0.25, -0.2) is 13.2 Å². The number of hydrogen-bond donors (Lipinski definition) is 0. The first-order valence-corrected chi connectivity index (χ1v) is 16.3. The van der Waals surface area contributed by atoms with Crippen LogP contribution in [0.3, 0.4) is 0 Å². The number of aromatic nitrogens is 1. The van der Waals surface area contributed by atoms with Gasteiger partial charge in [0.2, 0.25) is 0 Å². The molecule has 1 fully saturated rings. The van der Waals surface area contributed by atoms with Crippen molar-refractivity contribution in [2.45, 2.75) is 44.2 Å². The minimum absolute atomic E-state index is 0.0237. The Morgan fingerprint density at radius 1 is 1.00 bits per heavy atom. The summed E-state index contributed by atoms with van der Waals surface area (Å²) in [4.78, 5) is 29.3. The largest absolute Gasteiger partial charge is 0.489 e. The van der Waals surface area contributed by atoms with Crippen LogP contribution in [0.5, 0.6) is 11.5 Å². The summed E-state index contributed by atoms with van der Waals surface area (Å²) in [5.74, 6) is -1.63. The highest BCUT2D eigenvalue weighted by atomic mass is 35.5. The van der Waals surface area contributed by atoms with E-state index in [1.54, 1.807) is 24.3 Å². The van der Waals surface area contributed by atoms with Crippen molar-refractivity contribution in [3.05, 3.63) is 87.2 Å². The van der Waals surface area contributed by atoms with E-state index in [-0.39, 0.29) is 40.1 Å². The first-order valence-electron chi connectivity index (χ1n) is 13.5. The molecule has 1 aliphatic rings. The molecule has 0 radical (unpaired) electrons. The average Bonchev–Trinajstić information content (AvgIpc) is 3.76. The molecule has 9 nitrogen and oxygen atoms in total. The molecule has 0 aliphatic heterocycles. The summed E-state index contributed by atoms with van der Waals surface area (Å²) in [5, 5.41) is 0.428. The lowest BCUT2D eigenvalue weighted by atomic mass is 10.0. The molecule has 14 heteroatoms. The Morgan fingerprint density at radius 2 is 1.70 bits per heavy atom. The maximum Gasteiger partial charge on any atom is 0.387 e. The fourth-order valence-electron chi connectivity index (χ4n) is 4.25. The van der Waals surface area contributed by atoms with E-state index in [4.69, 9.17) is 37.4 Å². The quantitative estimate of drug-likeness (QED) is 0.181. The molecule has 2 aromatic carbocycles. The molecule has 1 saturated carbocycles. The molecular weight excluding hydrogens is 643 g/mol. The molecule has 1 aromatic heterocycles. The molecule has 0 spiro atoms. The van der Waals surface area contributed by atoms with Crippen LogP contribution in [0.15, 0.2) is 54.9 Å². The third kappa shape index (κ3) is 10.6. The summed E-state index contributed by atoms with van der Waals surface area (Å²) in [6.45, 7) is -3.50. The zero-order valence-electron chi connectivity index (χ0n) is 23.5. The lowest BCUT2D eigenvalue weighted by Gasteiger charge is -2.21. The van der Waals surface area contributed by atoms with Gasteiger partial charge in [0.15, 0.2) is 27.9 Å². The Balaban J connectivity index is 1.48. The zero-order chi connectivity index (χ0) is 31.9. The number of nitrogens with zero attached hydrogens (tertiary/aromatic N) is 1. The number of pyridine rings is 1. The van der Waals surface area contributed by atoms with Crippen molar-refractivity contribution in [3.8, 4) is 11.5 Å². The molecule has 0 unspecified atom stereocenters. The predicted molar refractivity (Wildman–Crippen MR) is 158 cm³/mol. The first-order chi connectivity index (χ1) is 20.9. The van der Waals surface area contributed by atoms with Crippen molar-refractivity contribution in [1.82, 2.24) is 4.98 Å². The van der Waals surface area contributed by atoms with Gasteiger partial charge >= 0.3 is 18.6 Å². The number of rotatable bonds is 15. The number of hydrogen-bond acceptors (Lipinski definition) is 9. The van der Waals surface area contributed by atoms with Gasteiger partial charge in [0.05, 0.1) is 28.8 Å². The molecular formula is C30H29Cl2F2NO8S. The number of benzene rings is 2. The van der Waals surface area contributed by atoms with E-state index in [0.717, 1.165) is 19.1 Å². The van der Waals surface area contributed by atoms with Gasteiger partial charge in [-0.2, -0.15) is 8.78 Å². The lowest BCUT2D eigenvalue weighted by Crippen LogP contribution is -2.21. The SMILES string of the molecule is CS(=O)(=O)Cc1cccc(CC(=O)OCC(=O)O[C@@H](Cc2c(Cl)cncc2Cl)c2ccc(OC(F)F)c(OCC3CC3)c2)c1. The smallest absolute Gasteiger partial charge is 0.387 e. The Hall–Kier alpha value is -3.48. The number of esters is 2. The number of alkyl halides is 2. The summed E-state index contributed by atoms with van der Waals surface area (Å²) in [6, 6.07) is 10.6. The van der Waals surface area contributed by atoms with Crippen molar-refractivity contribution in [2.75, 3.05) is 19.5 Å². The Bertz CT molecular complexity index is 1580. The van der Waals surface area contributed by atoms with Gasteiger partial charge in [0.1, 0.15) is 6.10 Å². The highest BCUT2D eigenvalue weighted by molar-refractivity contribution is 7.89. The van der Waals surface area contributed by atoms with E-state index in [9.17, 15) is 26.8 Å². The first kappa shape index (κ1) is 33.4. The number of halogens is 4. The Morgan fingerprint density at radius 3 is 2.36 bits per heavy atom. The third-order valence-corrected chi connectivity index (χ3v) is 7.97. The second-order valence-electron chi connectivity index (χ2n) is 10.3. The summed E-state index contributed by atoms with van der Waals surface area (Å²) in [6.07, 6.45) is 4.51. The molecule has 236 valence electrons. The van der Waals surface area contributed by atoms with E-state index in [1.165, 1.54) is 30.6 Å². The van der Waals surface area contributed by atoms with E-state index in [2.05, 4.69) is 9.72 Å². The van der Waals surface area contributed by atoms with Crippen LogP contribution >= 0.6 is 23.2 Å². The normalized spacial score (nSPS) is 13.8. The van der Waals surface area contributed by atoms with Crippen LogP contribution in [-0.2, 0) is 47.5 Å². The summed E-state index contributed by atoms with van der Waals surface area (Å²) < 4.78 is 70.4. The average molecular weight is 673 g/mol. The van der Waals surface area contributed by atoms with Crippen LogP contribution in [0.1, 0.15) is 41.2 Å². The molecule has 0 N–H and O–H groups in total. The summed E-state index contributed by atoms with van der Waals surface area (Å²) in [7, 11) is -3.27. The van der Waals surface area contributed by atoms with Crippen molar-refractivity contribution in [3.63, 3.8) is 0 Å². The van der Waals surface area contributed by atoms with Gasteiger partial charge < -0.3 is 18.9 Å². The van der Waals surface area contributed by atoms with Gasteiger partial charge in [-0.1, -0.05) is 53.5 Å². The number of ether oxygens (including phenoxy) is 4. The van der Waals surface area contributed by atoms with E-state index >= 15 is 0 Å². The molecule has 4 rings (SSSR count). The maximum absolute atomic E-state index is 13.0. The molecule has 3 aromatic rings. The molecule has 0 bridgehead atoms. The standard InChI is InChI=1S/C30H29Cl2F2NO8S/c1-44(38,39)17-20-4-2-3-19(9-20)10-28(36)41-16-29(37)42-26(12-22-23(31)13-35-14-24(22)32)21-7-8-25(43-30(33)34)27(11-21)40-15-18-5-6-18/h2-4,7-9,11,13-14,18,26,30H,5-6,10,12,15-17H2,1H3/t26-/m0/s1. The van der Waals surface area contributed by atoms with Crippen molar-refractivity contribution in [2.24, 2.45) is 5.92 Å². The Kier molecular flexibility index (Phi) is 11.4. The molecule has 1 atom stereocenters. The second-order valence-corrected chi connectivity index (χ2v) is 13.3. The summed E-state index contributed by atoms with van der Waals surface area (Å²) in [5.41, 5.74) is 1.80. The zero-order valence-corrected chi connectivity index (χ0v) is 25.8. The second kappa shape index (κ2) is 15.0. The number of carbonyl (C=O) groups is 2. The number of sulfone groups is 1. The van der Waals surface area contributed by atoms with E-state index < -0.39 is 41.1 Å². The minimum atomic E-state index is -3.27. The van der Waals surface area contributed by atoms with E-state index in [0.29, 0.717) is 34.8 Å². The van der Waals surface area contributed by atoms with Gasteiger partial charge in [0, 0.05) is 25.1 Å². The van der Waals surface area contributed by atoms with Crippen LogP contribution in [0.2, 0.25) is 10.0 Å². The monoisotopic (exact) mass is 671 g/mol. The predicted octanol–water partition coefficient (Wildman–Crippen LogP) is 5.94. The van der Waals surface area contributed by atoms with Gasteiger partial charge in [-0.15, -0.1) is 0 Å². The van der Waals surface area contributed by atoms with Gasteiger partial charge in [-0.3, -0.25) is 9.78 Å². The number of carbonyl (C=O) groups excluding carboxylic acids is 2. The van der Waals surface area contributed by atoms with Crippen LogP contribution in [0, 0.1) is 5.92 Å². The van der Waals surface area contributed by atoms with Gasteiger partial charge in [0.25, 0.3) is 0 Å². The minimum Gasteiger partial charge on any atom is -0.489 e. The van der Waals surface area contributed by atoms with E-state index in [1.807, 2.05) is 0 Å². The Labute approximate surface area is 263 Å².